The number of carbonyl (C=O) groups excluding carboxylic acids is 3. The number of unbranched alkanes of at least 4 members (excludes halogenated alkanes) is 42. The summed E-state index contributed by atoms with van der Waals surface area (Å²) in [5, 5.41) is 0. The van der Waals surface area contributed by atoms with Crippen molar-refractivity contribution in [3.05, 3.63) is 36.5 Å². The van der Waals surface area contributed by atoms with Crippen LogP contribution in [0.3, 0.4) is 0 Å². The monoisotopic (exact) mass is 1010 g/mol. The molecule has 0 amide bonds. The molecule has 0 rings (SSSR count). The molecule has 6 heteroatoms. The van der Waals surface area contributed by atoms with E-state index in [9.17, 15) is 14.4 Å². The number of ether oxygens (including phenoxy) is 3. The van der Waals surface area contributed by atoms with Gasteiger partial charge < -0.3 is 14.2 Å². The SMILES string of the molecule is CC/C=C\C/C=C\C/C=C\CCCCCCCC(=O)OC(COC(=O)CCCCCCCCCCCCCCC)COC(=O)CCCCCCCCCCCCCCCCCCCCCCCCCCCC. The zero-order valence-electron chi connectivity index (χ0n) is 48.5. The topological polar surface area (TPSA) is 78.9 Å². The Morgan fingerprint density at radius 1 is 0.292 bits per heavy atom. The molecular formula is C66H122O6. The van der Waals surface area contributed by atoms with Gasteiger partial charge in [-0.3, -0.25) is 14.4 Å². The highest BCUT2D eigenvalue weighted by Gasteiger charge is 2.19. The lowest BCUT2D eigenvalue weighted by molar-refractivity contribution is -0.167. The second-order valence-electron chi connectivity index (χ2n) is 21.7. The van der Waals surface area contributed by atoms with Crippen LogP contribution >= 0.6 is 0 Å². The predicted molar refractivity (Wildman–Crippen MR) is 312 cm³/mol. The Hall–Kier alpha value is -2.37. The van der Waals surface area contributed by atoms with Crippen molar-refractivity contribution < 1.29 is 28.6 Å². The first-order chi connectivity index (χ1) is 35.5. The van der Waals surface area contributed by atoms with E-state index in [2.05, 4.69) is 57.2 Å². The molecule has 0 saturated heterocycles. The van der Waals surface area contributed by atoms with Crippen LogP contribution in [0.25, 0.3) is 0 Å². The fourth-order valence-electron chi connectivity index (χ4n) is 9.64. The Bertz CT molecular complexity index is 1210. The number of esters is 3. The molecule has 0 saturated carbocycles. The molecule has 72 heavy (non-hydrogen) atoms. The highest BCUT2D eigenvalue weighted by atomic mass is 16.6. The van der Waals surface area contributed by atoms with Gasteiger partial charge in [0.15, 0.2) is 6.10 Å². The third-order valence-corrected chi connectivity index (χ3v) is 14.4. The van der Waals surface area contributed by atoms with Gasteiger partial charge in [-0.05, 0) is 51.4 Å². The summed E-state index contributed by atoms with van der Waals surface area (Å²) < 4.78 is 16.9. The fourth-order valence-corrected chi connectivity index (χ4v) is 9.64. The van der Waals surface area contributed by atoms with Crippen LogP contribution in [0.5, 0.6) is 0 Å². The summed E-state index contributed by atoms with van der Waals surface area (Å²) in [5.41, 5.74) is 0. The van der Waals surface area contributed by atoms with Crippen LogP contribution in [0.4, 0.5) is 0 Å². The fraction of sp³-hybridized carbons (Fsp3) is 0.864. The molecule has 0 fully saturated rings. The molecule has 1 unspecified atom stereocenters. The molecule has 0 bridgehead atoms. The molecule has 0 aliphatic carbocycles. The first-order valence-corrected chi connectivity index (χ1v) is 32.0. The molecule has 0 aromatic rings. The number of carbonyl (C=O) groups is 3. The van der Waals surface area contributed by atoms with Gasteiger partial charge in [0.2, 0.25) is 0 Å². The molecule has 422 valence electrons. The molecule has 0 heterocycles. The second kappa shape index (κ2) is 61.2. The van der Waals surface area contributed by atoms with Crippen molar-refractivity contribution in [2.75, 3.05) is 13.2 Å². The van der Waals surface area contributed by atoms with Gasteiger partial charge in [0.25, 0.3) is 0 Å². The van der Waals surface area contributed by atoms with Crippen molar-refractivity contribution in [3.8, 4) is 0 Å². The molecule has 0 radical (unpaired) electrons. The van der Waals surface area contributed by atoms with Crippen molar-refractivity contribution in [3.63, 3.8) is 0 Å². The van der Waals surface area contributed by atoms with Crippen molar-refractivity contribution in [2.45, 2.75) is 354 Å². The lowest BCUT2D eigenvalue weighted by Gasteiger charge is -2.18. The van der Waals surface area contributed by atoms with Gasteiger partial charge in [0, 0.05) is 19.3 Å². The molecule has 0 spiro atoms. The van der Waals surface area contributed by atoms with Crippen LogP contribution in [0.1, 0.15) is 348 Å². The van der Waals surface area contributed by atoms with E-state index >= 15 is 0 Å². The van der Waals surface area contributed by atoms with Crippen molar-refractivity contribution in [1.82, 2.24) is 0 Å². The quantitative estimate of drug-likeness (QED) is 0.0261. The maximum absolute atomic E-state index is 12.9. The maximum atomic E-state index is 12.9. The van der Waals surface area contributed by atoms with E-state index in [1.165, 1.54) is 212 Å². The first-order valence-electron chi connectivity index (χ1n) is 32.0. The minimum Gasteiger partial charge on any atom is -0.462 e. The van der Waals surface area contributed by atoms with E-state index in [1.807, 2.05) is 0 Å². The van der Waals surface area contributed by atoms with Gasteiger partial charge in [-0.1, -0.05) is 314 Å². The zero-order chi connectivity index (χ0) is 52.2. The van der Waals surface area contributed by atoms with E-state index in [-0.39, 0.29) is 31.1 Å². The highest BCUT2D eigenvalue weighted by molar-refractivity contribution is 5.71. The third kappa shape index (κ3) is 58.5. The van der Waals surface area contributed by atoms with E-state index in [0.29, 0.717) is 19.3 Å². The average molecular weight is 1010 g/mol. The summed E-state index contributed by atoms with van der Waals surface area (Å²) >= 11 is 0. The van der Waals surface area contributed by atoms with Crippen molar-refractivity contribution in [1.29, 1.82) is 0 Å². The van der Waals surface area contributed by atoms with E-state index in [1.54, 1.807) is 0 Å². The van der Waals surface area contributed by atoms with Crippen LogP contribution in [0, 0.1) is 0 Å². The van der Waals surface area contributed by atoms with E-state index in [0.717, 1.165) is 96.3 Å². The Morgan fingerprint density at radius 3 is 0.847 bits per heavy atom. The normalized spacial score (nSPS) is 12.2. The van der Waals surface area contributed by atoms with Crippen molar-refractivity contribution >= 4 is 17.9 Å². The molecule has 0 aliphatic heterocycles. The first kappa shape index (κ1) is 69.6. The minimum absolute atomic E-state index is 0.0741. The lowest BCUT2D eigenvalue weighted by Crippen LogP contribution is -2.30. The van der Waals surface area contributed by atoms with Gasteiger partial charge in [-0.15, -0.1) is 0 Å². The highest BCUT2D eigenvalue weighted by Crippen LogP contribution is 2.18. The van der Waals surface area contributed by atoms with Gasteiger partial charge in [0.1, 0.15) is 13.2 Å². The minimum atomic E-state index is -0.777. The smallest absolute Gasteiger partial charge is 0.306 e. The number of hydrogen-bond acceptors (Lipinski definition) is 6. The summed E-state index contributed by atoms with van der Waals surface area (Å²) in [4.78, 5) is 38.2. The van der Waals surface area contributed by atoms with Crippen LogP contribution in [0.2, 0.25) is 0 Å². The molecule has 0 aromatic carbocycles. The summed E-state index contributed by atoms with van der Waals surface area (Å²) in [7, 11) is 0. The lowest BCUT2D eigenvalue weighted by atomic mass is 10.0. The predicted octanol–water partition coefficient (Wildman–Crippen LogP) is 21.6. The van der Waals surface area contributed by atoms with Gasteiger partial charge in [0.05, 0.1) is 0 Å². The zero-order valence-corrected chi connectivity index (χ0v) is 48.5. The Kier molecular flexibility index (Phi) is 59.2. The number of hydrogen-bond donors (Lipinski definition) is 0. The van der Waals surface area contributed by atoms with Crippen LogP contribution in [0.15, 0.2) is 36.5 Å². The molecule has 1 atom stereocenters. The number of allylic oxidation sites excluding steroid dienone is 6. The average Bonchev–Trinajstić information content (AvgIpc) is 3.38. The summed E-state index contributed by atoms with van der Waals surface area (Å²) in [6.07, 6.45) is 74.5. The second-order valence-corrected chi connectivity index (χ2v) is 21.7. The molecular weight excluding hydrogens is 889 g/mol. The Morgan fingerprint density at radius 2 is 0.542 bits per heavy atom. The molecule has 0 aromatic heterocycles. The maximum Gasteiger partial charge on any atom is 0.306 e. The van der Waals surface area contributed by atoms with Crippen molar-refractivity contribution in [2.24, 2.45) is 0 Å². The standard InChI is InChI=1S/C66H122O6/c1-4-7-10-13-16-19-22-25-27-28-29-30-31-32-33-34-35-36-37-39-41-44-47-50-53-56-59-65(68)71-62-63(61-70-64(67)58-55-52-49-46-43-40-24-21-18-15-12-9-6-3)72-66(69)60-57-54-51-48-45-42-38-26-23-20-17-14-11-8-5-2/h8,11,17,20,26,38,63H,4-7,9-10,12-16,18-19,21-25,27-37,39-62H2,1-3H3/b11-8-,20-17-,38-26-. The van der Waals surface area contributed by atoms with E-state index in [4.69, 9.17) is 14.2 Å². The largest absolute Gasteiger partial charge is 0.462 e. The van der Waals surface area contributed by atoms with E-state index < -0.39 is 6.10 Å². The summed E-state index contributed by atoms with van der Waals surface area (Å²) in [6, 6.07) is 0. The molecule has 6 nitrogen and oxygen atoms in total. The van der Waals surface area contributed by atoms with Crippen LogP contribution in [-0.2, 0) is 28.6 Å². The van der Waals surface area contributed by atoms with Crippen LogP contribution < -0.4 is 0 Å². The summed E-state index contributed by atoms with van der Waals surface area (Å²) in [5.74, 6) is -0.868. The Balaban J connectivity index is 4.20. The van der Waals surface area contributed by atoms with Gasteiger partial charge in [-0.25, -0.2) is 0 Å². The number of rotatable bonds is 59. The summed E-state index contributed by atoms with van der Waals surface area (Å²) in [6.45, 7) is 6.57. The van der Waals surface area contributed by atoms with Gasteiger partial charge in [-0.2, -0.15) is 0 Å². The Labute approximate surface area is 448 Å². The molecule has 0 aliphatic rings. The third-order valence-electron chi connectivity index (χ3n) is 14.4. The van der Waals surface area contributed by atoms with Crippen LogP contribution in [-0.4, -0.2) is 37.2 Å². The molecule has 0 N–H and O–H groups in total. The van der Waals surface area contributed by atoms with Gasteiger partial charge >= 0.3 is 17.9 Å².